The highest BCUT2D eigenvalue weighted by atomic mass is 32.1. The average molecular weight is 254 g/mol. The molecule has 0 aliphatic heterocycles. The fraction of sp³-hybridized carbons (Fsp3) is 0.769. The fourth-order valence-electron chi connectivity index (χ4n) is 2.48. The summed E-state index contributed by atoms with van der Waals surface area (Å²) in [5, 5.41) is 12.5. The molecule has 4 heteroatoms. The van der Waals surface area contributed by atoms with Crippen LogP contribution in [0.5, 0.6) is 0 Å². The first-order valence-corrected chi connectivity index (χ1v) is 7.39. The Balaban J connectivity index is 1.91. The number of anilines is 1. The number of aliphatic hydroxyl groups excluding tert-OH is 1. The fourth-order valence-corrected chi connectivity index (χ4v) is 3.37. The molecule has 1 atom stereocenters. The summed E-state index contributed by atoms with van der Waals surface area (Å²) in [6.07, 6.45) is 6.44. The van der Waals surface area contributed by atoms with E-state index in [0.717, 1.165) is 23.3 Å². The minimum atomic E-state index is -0.455. The summed E-state index contributed by atoms with van der Waals surface area (Å²) >= 11 is 1.63. The van der Waals surface area contributed by atoms with Crippen molar-refractivity contribution in [3.05, 3.63) is 11.1 Å². The molecule has 1 N–H and O–H groups in total. The minimum absolute atomic E-state index is 0.455. The van der Waals surface area contributed by atoms with Crippen LogP contribution in [0.4, 0.5) is 5.13 Å². The lowest BCUT2D eigenvalue weighted by atomic mass is 9.89. The third-order valence-electron chi connectivity index (χ3n) is 3.52. The van der Waals surface area contributed by atoms with Gasteiger partial charge < -0.3 is 10.0 Å². The molecule has 1 aliphatic rings. The monoisotopic (exact) mass is 254 g/mol. The van der Waals surface area contributed by atoms with Crippen LogP contribution in [0.3, 0.4) is 0 Å². The van der Waals surface area contributed by atoms with Crippen LogP contribution in [-0.2, 0) is 0 Å². The smallest absolute Gasteiger partial charge is 0.185 e. The summed E-state index contributed by atoms with van der Waals surface area (Å²) in [4.78, 5) is 6.71. The number of nitrogens with zero attached hydrogens (tertiary/aromatic N) is 2. The molecule has 0 aromatic carbocycles. The molecule has 1 unspecified atom stereocenters. The predicted octanol–water partition coefficient (Wildman–Crippen LogP) is 3.21. The van der Waals surface area contributed by atoms with Gasteiger partial charge in [0.05, 0.1) is 11.8 Å². The topological polar surface area (TPSA) is 36.4 Å². The molecule has 1 saturated carbocycles. The standard InChI is InChI=1S/C13H22N2OS/c1-10(16)12-9-17-13(14-12)15(2)8-11-6-4-3-5-7-11/h9-11,16H,3-8H2,1-2H3. The molecule has 17 heavy (non-hydrogen) atoms. The van der Waals surface area contributed by atoms with Crippen molar-refractivity contribution >= 4 is 16.5 Å². The molecule has 0 bridgehead atoms. The summed E-state index contributed by atoms with van der Waals surface area (Å²) in [6, 6.07) is 0. The number of hydrogen-bond acceptors (Lipinski definition) is 4. The van der Waals surface area contributed by atoms with Crippen molar-refractivity contribution in [2.75, 3.05) is 18.5 Å². The molecular formula is C13H22N2OS. The van der Waals surface area contributed by atoms with Crippen molar-refractivity contribution in [2.24, 2.45) is 5.92 Å². The zero-order valence-electron chi connectivity index (χ0n) is 10.7. The summed E-state index contributed by atoms with van der Waals surface area (Å²) in [6.45, 7) is 2.87. The van der Waals surface area contributed by atoms with Crippen LogP contribution in [0.2, 0.25) is 0 Å². The number of rotatable bonds is 4. The number of thiazole rings is 1. The maximum Gasteiger partial charge on any atom is 0.185 e. The van der Waals surface area contributed by atoms with Crippen molar-refractivity contribution in [3.8, 4) is 0 Å². The number of aliphatic hydroxyl groups is 1. The first kappa shape index (κ1) is 12.8. The molecular weight excluding hydrogens is 232 g/mol. The van der Waals surface area contributed by atoms with Crippen molar-refractivity contribution in [3.63, 3.8) is 0 Å². The van der Waals surface area contributed by atoms with Crippen LogP contribution in [0.1, 0.15) is 50.8 Å². The molecule has 0 amide bonds. The molecule has 1 aromatic heterocycles. The Hall–Kier alpha value is -0.610. The van der Waals surface area contributed by atoms with Crippen LogP contribution in [-0.4, -0.2) is 23.7 Å². The Morgan fingerprint density at radius 3 is 2.76 bits per heavy atom. The van der Waals surface area contributed by atoms with Gasteiger partial charge >= 0.3 is 0 Å². The van der Waals surface area contributed by atoms with E-state index in [-0.39, 0.29) is 0 Å². The lowest BCUT2D eigenvalue weighted by Crippen LogP contribution is -2.26. The highest BCUT2D eigenvalue weighted by Crippen LogP contribution is 2.28. The van der Waals surface area contributed by atoms with E-state index in [4.69, 9.17) is 0 Å². The summed E-state index contributed by atoms with van der Waals surface area (Å²) in [5.41, 5.74) is 0.792. The maximum absolute atomic E-state index is 9.47. The van der Waals surface area contributed by atoms with Crippen molar-refractivity contribution in [1.29, 1.82) is 0 Å². The van der Waals surface area contributed by atoms with Gasteiger partial charge in [0.1, 0.15) is 0 Å². The van der Waals surface area contributed by atoms with Gasteiger partial charge in [-0.25, -0.2) is 4.98 Å². The van der Waals surface area contributed by atoms with E-state index in [1.54, 1.807) is 18.3 Å². The van der Waals surface area contributed by atoms with E-state index >= 15 is 0 Å². The zero-order chi connectivity index (χ0) is 12.3. The highest BCUT2D eigenvalue weighted by molar-refractivity contribution is 7.13. The average Bonchev–Trinajstić information content (AvgIpc) is 2.79. The van der Waals surface area contributed by atoms with E-state index in [0.29, 0.717) is 0 Å². The van der Waals surface area contributed by atoms with Gasteiger partial charge in [-0.3, -0.25) is 0 Å². The van der Waals surface area contributed by atoms with Crippen molar-refractivity contribution in [2.45, 2.75) is 45.1 Å². The molecule has 1 aromatic rings. The van der Waals surface area contributed by atoms with Gasteiger partial charge in [0.2, 0.25) is 0 Å². The molecule has 1 aliphatic carbocycles. The van der Waals surface area contributed by atoms with Crippen LogP contribution >= 0.6 is 11.3 Å². The van der Waals surface area contributed by atoms with E-state index in [1.807, 2.05) is 5.38 Å². The van der Waals surface area contributed by atoms with Gasteiger partial charge in [-0.2, -0.15) is 0 Å². The molecule has 3 nitrogen and oxygen atoms in total. The molecule has 0 spiro atoms. The first-order chi connectivity index (χ1) is 8.16. The van der Waals surface area contributed by atoms with Gasteiger partial charge in [-0.05, 0) is 25.7 Å². The van der Waals surface area contributed by atoms with E-state index < -0.39 is 6.10 Å². The zero-order valence-corrected chi connectivity index (χ0v) is 11.5. The summed E-state index contributed by atoms with van der Waals surface area (Å²) in [7, 11) is 2.11. The molecule has 96 valence electrons. The highest BCUT2D eigenvalue weighted by Gasteiger charge is 2.17. The quantitative estimate of drug-likeness (QED) is 0.896. The number of hydrogen-bond donors (Lipinski definition) is 1. The van der Waals surface area contributed by atoms with Crippen LogP contribution in [0.25, 0.3) is 0 Å². The normalized spacial score (nSPS) is 19.2. The van der Waals surface area contributed by atoms with Gasteiger partial charge in [-0.1, -0.05) is 19.3 Å². The van der Waals surface area contributed by atoms with Gasteiger partial charge in [0.25, 0.3) is 0 Å². The lowest BCUT2D eigenvalue weighted by Gasteiger charge is -2.26. The van der Waals surface area contributed by atoms with E-state index in [1.165, 1.54) is 32.1 Å². The van der Waals surface area contributed by atoms with Gasteiger partial charge in [-0.15, -0.1) is 11.3 Å². The Labute approximate surface area is 107 Å². The SMILES string of the molecule is CC(O)c1csc(N(C)CC2CCCCC2)n1. The lowest BCUT2D eigenvalue weighted by molar-refractivity contribution is 0.195. The van der Waals surface area contributed by atoms with Gasteiger partial charge in [0, 0.05) is 19.0 Å². The Kier molecular flexibility index (Phi) is 4.40. The predicted molar refractivity (Wildman–Crippen MR) is 72.6 cm³/mol. The Morgan fingerprint density at radius 1 is 1.47 bits per heavy atom. The van der Waals surface area contributed by atoms with Crippen LogP contribution in [0.15, 0.2) is 5.38 Å². The molecule has 1 fully saturated rings. The Morgan fingerprint density at radius 2 is 2.18 bits per heavy atom. The van der Waals surface area contributed by atoms with Crippen molar-refractivity contribution < 1.29 is 5.11 Å². The molecule has 0 radical (unpaired) electrons. The summed E-state index contributed by atoms with van der Waals surface area (Å²) < 4.78 is 0. The summed E-state index contributed by atoms with van der Waals surface area (Å²) in [5.74, 6) is 0.827. The van der Waals surface area contributed by atoms with Crippen LogP contribution in [0, 0.1) is 5.92 Å². The van der Waals surface area contributed by atoms with E-state index in [9.17, 15) is 5.11 Å². The van der Waals surface area contributed by atoms with E-state index in [2.05, 4.69) is 16.9 Å². The van der Waals surface area contributed by atoms with Crippen LogP contribution < -0.4 is 4.90 Å². The minimum Gasteiger partial charge on any atom is -0.387 e. The second-order valence-corrected chi connectivity index (χ2v) is 5.95. The number of aromatic nitrogens is 1. The largest absolute Gasteiger partial charge is 0.387 e. The third-order valence-corrected chi connectivity index (χ3v) is 4.49. The Bertz CT molecular complexity index is 345. The molecule has 1 heterocycles. The van der Waals surface area contributed by atoms with Crippen molar-refractivity contribution in [1.82, 2.24) is 4.98 Å². The van der Waals surface area contributed by atoms with Gasteiger partial charge in [0.15, 0.2) is 5.13 Å². The second kappa shape index (κ2) is 5.83. The molecule has 0 saturated heterocycles. The first-order valence-electron chi connectivity index (χ1n) is 6.51. The third kappa shape index (κ3) is 3.42. The molecule has 2 rings (SSSR count). The maximum atomic E-state index is 9.47. The second-order valence-electron chi connectivity index (χ2n) is 5.12.